The van der Waals surface area contributed by atoms with Crippen LogP contribution in [0.1, 0.15) is 94.1 Å². The Hall–Kier alpha value is 0.380. The molecule has 0 saturated heterocycles. The summed E-state index contributed by atoms with van der Waals surface area (Å²) < 4.78 is 0. The lowest BCUT2D eigenvalue weighted by atomic mass is 9.76. The fraction of sp³-hybridized carbons (Fsp3) is 0.727. The van der Waals surface area contributed by atoms with Crippen LogP contribution in [0.25, 0.3) is 0 Å². The van der Waals surface area contributed by atoms with Crippen LogP contribution in [0.3, 0.4) is 0 Å². The van der Waals surface area contributed by atoms with Gasteiger partial charge < -0.3 is 0 Å². The molecule has 24 heavy (non-hydrogen) atoms. The first-order chi connectivity index (χ1) is 11.3. The van der Waals surface area contributed by atoms with E-state index in [0.717, 1.165) is 23.7 Å². The molecule has 0 spiro atoms. The molecule has 0 nitrogen and oxygen atoms in total. The molecule has 2 aliphatic carbocycles. The van der Waals surface area contributed by atoms with E-state index in [1.54, 1.807) is 11.1 Å². The molecule has 1 atom stereocenters. The van der Waals surface area contributed by atoms with Gasteiger partial charge in [0.1, 0.15) is 0 Å². The van der Waals surface area contributed by atoms with Gasteiger partial charge in [0.2, 0.25) is 0 Å². The summed E-state index contributed by atoms with van der Waals surface area (Å²) in [6.07, 6.45) is 15.5. The topological polar surface area (TPSA) is 0 Å². The Labute approximate surface area is 169 Å². The second kappa shape index (κ2) is 10.5. The van der Waals surface area contributed by atoms with Crippen molar-refractivity contribution in [1.29, 1.82) is 0 Å². The third-order valence-electron chi connectivity index (χ3n) is 6.60. The van der Waals surface area contributed by atoms with Crippen LogP contribution < -0.4 is 0 Å². The molecule has 1 aromatic carbocycles. The van der Waals surface area contributed by atoms with Crippen molar-refractivity contribution in [2.24, 2.45) is 11.8 Å². The highest BCUT2D eigenvalue weighted by Crippen LogP contribution is 2.39. The van der Waals surface area contributed by atoms with Gasteiger partial charge in [-0.1, -0.05) is 44.0 Å². The van der Waals surface area contributed by atoms with E-state index in [-0.39, 0.29) is 24.0 Å². The summed E-state index contributed by atoms with van der Waals surface area (Å²) in [5, 5.41) is 0. The van der Waals surface area contributed by atoms with Crippen molar-refractivity contribution in [3.63, 3.8) is 0 Å². The van der Waals surface area contributed by atoms with Gasteiger partial charge in [-0.05, 0) is 92.3 Å². The van der Waals surface area contributed by atoms with Gasteiger partial charge in [-0.25, -0.2) is 0 Å². The molecule has 0 bridgehead atoms. The molecule has 0 aliphatic heterocycles. The summed E-state index contributed by atoms with van der Waals surface area (Å²) in [6, 6.07) is 9.84. The van der Waals surface area contributed by atoms with Crippen molar-refractivity contribution in [2.45, 2.75) is 83.0 Å². The van der Waals surface area contributed by atoms with Crippen LogP contribution in [-0.2, 0) is 0 Å². The van der Waals surface area contributed by atoms with E-state index in [2.05, 4.69) is 40.4 Å². The zero-order valence-corrected chi connectivity index (χ0v) is 18.9. The summed E-state index contributed by atoms with van der Waals surface area (Å²) in [7, 11) is 2.93. The minimum Gasteiger partial charge on any atom is -0.137 e. The maximum Gasteiger partial charge on any atom is -0.0162 e. The van der Waals surface area contributed by atoms with Crippen molar-refractivity contribution >= 4 is 33.2 Å². The average Bonchev–Trinajstić information content (AvgIpc) is 2.63. The van der Waals surface area contributed by atoms with Crippen LogP contribution in [0.15, 0.2) is 24.3 Å². The minimum atomic E-state index is 0. The molecule has 0 amide bonds. The van der Waals surface area contributed by atoms with Crippen LogP contribution in [-0.4, -0.2) is 6.16 Å². The van der Waals surface area contributed by atoms with Crippen molar-refractivity contribution in [2.75, 3.05) is 6.16 Å². The second-order valence-electron chi connectivity index (χ2n) is 8.13. The first kappa shape index (κ1) is 20.7. The molecule has 1 aromatic rings. The van der Waals surface area contributed by atoms with Crippen molar-refractivity contribution in [1.82, 2.24) is 0 Å². The molecule has 136 valence electrons. The van der Waals surface area contributed by atoms with Gasteiger partial charge in [0.15, 0.2) is 0 Å². The molecular weight excluding hydrogens is 422 g/mol. The van der Waals surface area contributed by atoms with E-state index in [1.165, 1.54) is 70.4 Å². The molecule has 1 unspecified atom stereocenters. The molecule has 3 rings (SSSR count). The molecular formula is C22H36IP. The lowest BCUT2D eigenvalue weighted by molar-refractivity contribution is 0.308. The first-order valence-corrected chi connectivity index (χ1v) is 10.9. The SMILES string of the molecule is CCCC1CCC(c2ccc(C3CCC(CP)CC3)cc2)CC1.I. The van der Waals surface area contributed by atoms with Gasteiger partial charge in [0.25, 0.3) is 0 Å². The third kappa shape index (κ3) is 5.44. The number of halogens is 1. The lowest BCUT2D eigenvalue weighted by Crippen LogP contribution is -2.15. The maximum atomic E-state index is 2.93. The monoisotopic (exact) mass is 458 g/mol. The van der Waals surface area contributed by atoms with Crippen molar-refractivity contribution in [3.05, 3.63) is 35.4 Å². The summed E-state index contributed by atoms with van der Waals surface area (Å²) in [5.74, 6) is 3.65. The van der Waals surface area contributed by atoms with E-state index < -0.39 is 0 Å². The summed E-state index contributed by atoms with van der Waals surface area (Å²) in [5.41, 5.74) is 3.22. The Morgan fingerprint density at radius 2 is 1.17 bits per heavy atom. The van der Waals surface area contributed by atoms with Gasteiger partial charge in [0.05, 0.1) is 0 Å². The fourth-order valence-corrected chi connectivity index (χ4v) is 5.44. The normalized spacial score (nSPS) is 30.6. The average molecular weight is 458 g/mol. The van der Waals surface area contributed by atoms with Crippen LogP contribution in [0.4, 0.5) is 0 Å². The predicted octanol–water partition coefficient (Wildman–Crippen LogP) is 7.53. The van der Waals surface area contributed by atoms with Crippen molar-refractivity contribution in [3.8, 4) is 0 Å². The molecule has 0 radical (unpaired) electrons. The highest BCUT2D eigenvalue weighted by Gasteiger charge is 2.23. The van der Waals surface area contributed by atoms with E-state index in [4.69, 9.17) is 0 Å². The molecule has 2 saturated carbocycles. The Morgan fingerprint density at radius 1 is 0.750 bits per heavy atom. The highest BCUT2D eigenvalue weighted by molar-refractivity contribution is 14.0. The van der Waals surface area contributed by atoms with Gasteiger partial charge in [-0.3, -0.25) is 0 Å². The fourth-order valence-electron chi connectivity index (χ4n) is 4.96. The Balaban J connectivity index is 0.00000208. The molecule has 0 heterocycles. The van der Waals surface area contributed by atoms with Gasteiger partial charge in [-0.2, -0.15) is 0 Å². The standard InChI is InChI=1S/C22H35P.HI/c1-2-3-17-4-8-19(9-5-17)21-12-14-22(15-13-21)20-10-6-18(16-23)7-11-20;/h12-15,17-20H,2-11,16,23H2,1H3;1H. The van der Waals surface area contributed by atoms with Crippen molar-refractivity contribution < 1.29 is 0 Å². The van der Waals surface area contributed by atoms with Crippen LogP contribution in [0.2, 0.25) is 0 Å². The number of benzene rings is 1. The molecule has 2 aliphatic rings. The van der Waals surface area contributed by atoms with Gasteiger partial charge in [-0.15, -0.1) is 33.2 Å². The summed E-state index contributed by atoms with van der Waals surface area (Å²) in [4.78, 5) is 0. The van der Waals surface area contributed by atoms with Gasteiger partial charge >= 0.3 is 0 Å². The molecule has 2 heteroatoms. The highest BCUT2D eigenvalue weighted by atomic mass is 127. The molecule has 0 N–H and O–H groups in total. The largest absolute Gasteiger partial charge is 0.137 e. The lowest BCUT2D eigenvalue weighted by Gasteiger charge is -2.30. The van der Waals surface area contributed by atoms with E-state index in [9.17, 15) is 0 Å². The number of hydrogen-bond donors (Lipinski definition) is 0. The number of hydrogen-bond acceptors (Lipinski definition) is 0. The van der Waals surface area contributed by atoms with E-state index in [0.29, 0.717) is 0 Å². The third-order valence-corrected chi connectivity index (χ3v) is 7.27. The Morgan fingerprint density at radius 3 is 1.54 bits per heavy atom. The smallest absolute Gasteiger partial charge is 0.0162 e. The van der Waals surface area contributed by atoms with Crippen LogP contribution in [0.5, 0.6) is 0 Å². The first-order valence-electron chi connectivity index (χ1n) is 10.1. The zero-order valence-electron chi connectivity index (χ0n) is 15.4. The zero-order chi connectivity index (χ0) is 16.1. The Bertz CT molecular complexity index is 453. The minimum absolute atomic E-state index is 0. The number of rotatable bonds is 5. The Kier molecular flexibility index (Phi) is 9.06. The maximum absolute atomic E-state index is 2.93. The quantitative estimate of drug-likeness (QED) is 0.316. The van der Waals surface area contributed by atoms with E-state index in [1.807, 2.05) is 0 Å². The van der Waals surface area contributed by atoms with E-state index >= 15 is 0 Å². The molecule has 2 fully saturated rings. The summed E-state index contributed by atoms with van der Waals surface area (Å²) >= 11 is 0. The second-order valence-corrected chi connectivity index (χ2v) is 8.60. The molecule has 0 aromatic heterocycles. The van der Waals surface area contributed by atoms with Gasteiger partial charge in [0, 0.05) is 0 Å². The van der Waals surface area contributed by atoms with Crippen LogP contribution in [0, 0.1) is 11.8 Å². The van der Waals surface area contributed by atoms with Crippen LogP contribution >= 0.6 is 33.2 Å². The summed E-state index contributed by atoms with van der Waals surface area (Å²) in [6.45, 7) is 2.33. The predicted molar refractivity (Wildman–Crippen MR) is 121 cm³/mol.